The van der Waals surface area contributed by atoms with Crippen molar-refractivity contribution in [2.75, 3.05) is 20.1 Å². The van der Waals surface area contributed by atoms with Gasteiger partial charge < -0.3 is 0 Å². The molecule has 0 rings (SSSR count). The number of nitrogens with zero attached hydrogens (tertiary/aromatic N) is 3. The lowest BCUT2D eigenvalue weighted by molar-refractivity contribution is 1.26. The molecule has 0 amide bonds. The van der Waals surface area contributed by atoms with Crippen molar-refractivity contribution in [2.45, 2.75) is 0 Å². The van der Waals surface area contributed by atoms with Crippen molar-refractivity contribution in [3.63, 3.8) is 0 Å². The Morgan fingerprint density at radius 3 is 2.67 bits per heavy atom. The molecule has 0 radical (unpaired) electrons. The summed E-state index contributed by atoms with van der Waals surface area (Å²) < 4.78 is 0. The van der Waals surface area contributed by atoms with Crippen molar-refractivity contribution in [1.29, 1.82) is 0 Å². The van der Waals surface area contributed by atoms with E-state index in [9.17, 15) is 0 Å². The molecule has 0 spiro atoms. The highest BCUT2D eigenvalue weighted by molar-refractivity contribution is 5.66. The van der Waals surface area contributed by atoms with Gasteiger partial charge in [-0.1, -0.05) is 0 Å². The van der Waals surface area contributed by atoms with E-state index in [0.29, 0.717) is 13.1 Å². The van der Waals surface area contributed by atoms with E-state index in [0.717, 1.165) is 0 Å². The fourth-order valence-corrected chi connectivity index (χ4v) is 0.319. The zero-order valence-corrected chi connectivity index (χ0v) is 5.62. The maximum Gasteiger partial charge on any atom is 0.0734 e. The molecule has 0 saturated heterocycles. The Bertz CT molecular complexity index is 115. The number of hydrogen-bond acceptors (Lipinski definition) is 3. The number of hydrogen-bond donors (Lipinski definition) is 0. The second-order valence-electron chi connectivity index (χ2n) is 1.39. The van der Waals surface area contributed by atoms with Crippen LogP contribution in [0, 0.1) is 0 Å². The third kappa shape index (κ3) is 7.01. The lowest BCUT2D eigenvalue weighted by Gasteiger charge is -1.79. The van der Waals surface area contributed by atoms with E-state index < -0.39 is 0 Å². The Labute approximate surface area is 55.2 Å². The quantitative estimate of drug-likeness (QED) is 0.489. The highest BCUT2D eigenvalue weighted by atomic mass is 14.8. The van der Waals surface area contributed by atoms with E-state index >= 15 is 0 Å². The first-order valence-electron chi connectivity index (χ1n) is 2.73. The fraction of sp³-hybridized carbons (Fsp3) is 0.500. The molecule has 0 saturated carbocycles. The summed E-state index contributed by atoms with van der Waals surface area (Å²) in [4.78, 5) is 11.3. The summed E-state index contributed by atoms with van der Waals surface area (Å²) >= 11 is 0. The van der Waals surface area contributed by atoms with Crippen LogP contribution < -0.4 is 0 Å². The molecule has 0 aromatic carbocycles. The van der Waals surface area contributed by atoms with Gasteiger partial charge in [0.1, 0.15) is 0 Å². The summed E-state index contributed by atoms with van der Waals surface area (Å²) in [6, 6.07) is 0. The maximum absolute atomic E-state index is 3.94. The Hall–Kier alpha value is -0.990. The maximum atomic E-state index is 3.94. The SMILES string of the molecule is C=NCC=NCC=NC. The minimum absolute atomic E-state index is 0.595. The predicted octanol–water partition coefficient (Wildman–Crippen LogP) is 0.458. The van der Waals surface area contributed by atoms with Crippen LogP contribution >= 0.6 is 0 Å². The molecule has 0 unspecified atom stereocenters. The fourth-order valence-electron chi connectivity index (χ4n) is 0.319. The van der Waals surface area contributed by atoms with Crippen LogP contribution in [0.4, 0.5) is 0 Å². The molecular formula is C6H11N3. The van der Waals surface area contributed by atoms with E-state index in [4.69, 9.17) is 0 Å². The average molecular weight is 125 g/mol. The van der Waals surface area contributed by atoms with Gasteiger partial charge in [-0.25, -0.2) is 0 Å². The molecule has 0 bridgehead atoms. The van der Waals surface area contributed by atoms with Crippen LogP contribution in [-0.4, -0.2) is 39.3 Å². The van der Waals surface area contributed by atoms with Crippen LogP contribution in [0.15, 0.2) is 15.0 Å². The summed E-state index contributed by atoms with van der Waals surface area (Å²) in [5.74, 6) is 0. The molecule has 0 aromatic heterocycles. The van der Waals surface area contributed by atoms with Crippen LogP contribution in [-0.2, 0) is 0 Å². The highest BCUT2D eigenvalue weighted by Crippen LogP contribution is 1.64. The topological polar surface area (TPSA) is 37.1 Å². The zero-order valence-electron chi connectivity index (χ0n) is 5.62. The van der Waals surface area contributed by atoms with Gasteiger partial charge >= 0.3 is 0 Å². The Morgan fingerprint density at radius 1 is 1.33 bits per heavy atom. The first kappa shape index (κ1) is 8.01. The Balaban J connectivity index is 3.14. The zero-order chi connectivity index (χ0) is 6.95. The minimum atomic E-state index is 0.595. The lowest BCUT2D eigenvalue weighted by atomic mass is 10.7. The van der Waals surface area contributed by atoms with E-state index in [1.165, 1.54) is 0 Å². The molecule has 0 aromatic rings. The molecule has 9 heavy (non-hydrogen) atoms. The Kier molecular flexibility index (Phi) is 6.24. The largest absolute Gasteiger partial charge is 0.299 e. The van der Waals surface area contributed by atoms with Gasteiger partial charge in [-0.05, 0) is 6.72 Å². The summed E-state index contributed by atoms with van der Waals surface area (Å²) in [5.41, 5.74) is 0. The van der Waals surface area contributed by atoms with Crippen LogP contribution in [0.5, 0.6) is 0 Å². The third-order valence-electron chi connectivity index (χ3n) is 0.709. The van der Waals surface area contributed by atoms with Gasteiger partial charge in [0.15, 0.2) is 0 Å². The molecule has 0 fully saturated rings. The standard InChI is InChI=1S/C6H11N3/c1-7-3-5-9-6-4-8-2/h4-5H,1,3,6H2,2H3. The summed E-state index contributed by atoms with van der Waals surface area (Å²) in [7, 11) is 1.72. The first-order chi connectivity index (χ1) is 4.41. The van der Waals surface area contributed by atoms with Gasteiger partial charge in [-0.15, -0.1) is 0 Å². The molecule has 0 atom stereocenters. The second kappa shape index (κ2) is 7.01. The minimum Gasteiger partial charge on any atom is -0.299 e. The molecule has 0 N–H and O–H groups in total. The normalized spacial score (nSPS) is 11.2. The van der Waals surface area contributed by atoms with E-state index in [1.807, 2.05) is 0 Å². The van der Waals surface area contributed by atoms with Crippen LogP contribution in [0.3, 0.4) is 0 Å². The smallest absolute Gasteiger partial charge is 0.0734 e. The van der Waals surface area contributed by atoms with Gasteiger partial charge in [-0.2, -0.15) is 0 Å². The second-order valence-corrected chi connectivity index (χ2v) is 1.39. The summed E-state index contributed by atoms with van der Waals surface area (Å²) in [5, 5.41) is 0. The molecule has 0 aliphatic rings. The van der Waals surface area contributed by atoms with E-state index in [1.54, 1.807) is 19.5 Å². The van der Waals surface area contributed by atoms with E-state index in [-0.39, 0.29) is 0 Å². The van der Waals surface area contributed by atoms with Crippen molar-refractivity contribution in [1.82, 2.24) is 0 Å². The number of aliphatic imine (C=N–C) groups is 3. The number of rotatable bonds is 4. The van der Waals surface area contributed by atoms with Gasteiger partial charge in [0.25, 0.3) is 0 Å². The molecule has 3 heteroatoms. The lowest BCUT2D eigenvalue weighted by Crippen LogP contribution is -1.84. The van der Waals surface area contributed by atoms with Gasteiger partial charge in [0, 0.05) is 19.5 Å². The molecular weight excluding hydrogens is 114 g/mol. The molecule has 0 aliphatic heterocycles. The van der Waals surface area contributed by atoms with Gasteiger partial charge in [-0.3, -0.25) is 15.0 Å². The van der Waals surface area contributed by atoms with Crippen molar-refractivity contribution in [3.05, 3.63) is 0 Å². The van der Waals surface area contributed by atoms with Crippen LogP contribution in [0.25, 0.3) is 0 Å². The van der Waals surface area contributed by atoms with Crippen molar-refractivity contribution >= 4 is 19.1 Å². The van der Waals surface area contributed by atoms with Crippen LogP contribution in [0.1, 0.15) is 0 Å². The highest BCUT2D eigenvalue weighted by Gasteiger charge is 1.68. The monoisotopic (exact) mass is 125 g/mol. The van der Waals surface area contributed by atoms with Crippen LogP contribution in [0.2, 0.25) is 0 Å². The van der Waals surface area contributed by atoms with Gasteiger partial charge in [0.2, 0.25) is 0 Å². The molecule has 3 nitrogen and oxygen atoms in total. The molecule has 50 valence electrons. The molecule has 0 heterocycles. The summed E-state index contributed by atoms with van der Waals surface area (Å²) in [6.07, 6.45) is 3.45. The summed E-state index contributed by atoms with van der Waals surface area (Å²) in [6.45, 7) is 4.54. The van der Waals surface area contributed by atoms with E-state index in [2.05, 4.69) is 21.7 Å². The predicted molar refractivity (Wildman–Crippen MR) is 42.2 cm³/mol. The first-order valence-corrected chi connectivity index (χ1v) is 2.73. The van der Waals surface area contributed by atoms with Gasteiger partial charge in [0.05, 0.1) is 13.1 Å². The van der Waals surface area contributed by atoms with Crippen molar-refractivity contribution < 1.29 is 0 Å². The Morgan fingerprint density at radius 2 is 2.11 bits per heavy atom. The average Bonchev–Trinajstić information content (AvgIpc) is 1.89. The molecule has 0 aliphatic carbocycles. The van der Waals surface area contributed by atoms with Crippen molar-refractivity contribution in [2.24, 2.45) is 15.0 Å². The third-order valence-corrected chi connectivity index (χ3v) is 0.709. The van der Waals surface area contributed by atoms with Crippen molar-refractivity contribution in [3.8, 4) is 0 Å².